The van der Waals surface area contributed by atoms with E-state index in [-0.39, 0.29) is 22.5 Å². The highest BCUT2D eigenvalue weighted by Crippen LogP contribution is 2.22. The molecule has 0 radical (unpaired) electrons. The van der Waals surface area contributed by atoms with Gasteiger partial charge in [0.1, 0.15) is 6.04 Å². The molecular formula is C21H26N2O4S. The van der Waals surface area contributed by atoms with Crippen LogP contribution in [0.5, 0.6) is 0 Å². The fourth-order valence-corrected chi connectivity index (χ4v) is 4.02. The van der Waals surface area contributed by atoms with Crippen molar-refractivity contribution in [3.05, 3.63) is 65.7 Å². The number of amides is 2. The second-order valence-electron chi connectivity index (χ2n) is 7.68. The number of hydrogen-bond donors (Lipinski definition) is 2. The summed E-state index contributed by atoms with van der Waals surface area (Å²) in [5, 5.41) is 2.54. The van der Waals surface area contributed by atoms with E-state index in [1.165, 1.54) is 12.1 Å². The molecule has 1 atom stereocenters. The third-order valence-corrected chi connectivity index (χ3v) is 6.20. The van der Waals surface area contributed by atoms with E-state index in [1.54, 1.807) is 30.3 Å². The number of nitrogens with one attached hydrogen (secondary N) is 1. The van der Waals surface area contributed by atoms with Crippen LogP contribution in [0.2, 0.25) is 0 Å². The Morgan fingerprint density at radius 3 is 2.07 bits per heavy atom. The maximum atomic E-state index is 12.4. The molecule has 2 aromatic rings. The Morgan fingerprint density at radius 1 is 1.00 bits per heavy atom. The van der Waals surface area contributed by atoms with Gasteiger partial charge in [0.05, 0.1) is 10.6 Å². The standard InChI is InChI=1S/C21H26N2O4S/c1-21(2,3)16-11-9-15(10-12-16)20(25)23-18(19(22)24)13-14-28(26,27)17-7-5-4-6-8-17/h4-12,18H,13-14H2,1-3H3,(H2,22,24)(H,23,25)/t18-/m1/s1. The van der Waals surface area contributed by atoms with Crippen LogP contribution >= 0.6 is 0 Å². The Kier molecular flexibility index (Phi) is 6.61. The summed E-state index contributed by atoms with van der Waals surface area (Å²) >= 11 is 0. The number of sulfone groups is 1. The van der Waals surface area contributed by atoms with Crippen molar-refractivity contribution in [3.63, 3.8) is 0 Å². The first-order valence-electron chi connectivity index (χ1n) is 8.99. The summed E-state index contributed by atoms with van der Waals surface area (Å²) in [4.78, 5) is 24.3. The van der Waals surface area contributed by atoms with Gasteiger partial charge in [-0.05, 0) is 41.7 Å². The predicted molar refractivity (Wildman–Crippen MR) is 109 cm³/mol. The van der Waals surface area contributed by atoms with E-state index in [0.29, 0.717) is 5.56 Å². The van der Waals surface area contributed by atoms with Crippen molar-refractivity contribution < 1.29 is 18.0 Å². The van der Waals surface area contributed by atoms with Gasteiger partial charge in [-0.15, -0.1) is 0 Å². The van der Waals surface area contributed by atoms with Crippen molar-refractivity contribution in [1.29, 1.82) is 0 Å². The lowest BCUT2D eigenvalue weighted by atomic mass is 9.86. The molecule has 0 aliphatic rings. The molecule has 28 heavy (non-hydrogen) atoms. The normalized spacial score (nSPS) is 13.0. The molecule has 150 valence electrons. The summed E-state index contributed by atoms with van der Waals surface area (Å²) < 4.78 is 24.8. The van der Waals surface area contributed by atoms with Crippen molar-refractivity contribution in [1.82, 2.24) is 5.32 Å². The summed E-state index contributed by atoms with van der Waals surface area (Å²) in [6.45, 7) is 6.20. The Hall–Kier alpha value is -2.67. The Morgan fingerprint density at radius 2 is 1.57 bits per heavy atom. The number of benzene rings is 2. The summed E-state index contributed by atoms with van der Waals surface area (Å²) in [5.41, 5.74) is 6.77. The molecule has 2 rings (SSSR count). The van der Waals surface area contributed by atoms with E-state index in [4.69, 9.17) is 5.73 Å². The number of primary amides is 1. The quantitative estimate of drug-likeness (QED) is 0.742. The van der Waals surface area contributed by atoms with Gasteiger partial charge in [-0.1, -0.05) is 51.1 Å². The molecule has 0 aromatic heterocycles. The summed E-state index contributed by atoms with van der Waals surface area (Å²) in [5.74, 6) is -1.54. The Bertz CT molecular complexity index is 931. The minimum Gasteiger partial charge on any atom is -0.368 e. The van der Waals surface area contributed by atoms with Crippen LogP contribution in [0.1, 0.15) is 43.1 Å². The Labute approximate surface area is 166 Å². The van der Waals surface area contributed by atoms with Crippen LogP contribution in [0.4, 0.5) is 0 Å². The van der Waals surface area contributed by atoms with E-state index in [2.05, 4.69) is 26.1 Å². The number of carbonyl (C=O) groups is 2. The van der Waals surface area contributed by atoms with Crippen LogP contribution in [-0.4, -0.2) is 32.0 Å². The second-order valence-corrected chi connectivity index (χ2v) is 9.79. The third-order valence-electron chi connectivity index (χ3n) is 4.44. The maximum Gasteiger partial charge on any atom is 0.251 e. The molecule has 0 bridgehead atoms. The number of rotatable bonds is 7. The zero-order valence-corrected chi connectivity index (χ0v) is 17.1. The molecule has 3 N–H and O–H groups in total. The van der Waals surface area contributed by atoms with Gasteiger partial charge in [0.15, 0.2) is 9.84 Å². The van der Waals surface area contributed by atoms with E-state index >= 15 is 0 Å². The molecule has 2 amide bonds. The van der Waals surface area contributed by atoms with Crippen molar-refractivity contribution in [2.24, 2.45) is 5.73 Å². The Balaban J connectivity index is 2.06. The predicted octanol–water partition coefficient (Wildman–Crippen LogP) is 2.43. The molecule has 0 spiro atoms. The van der Waals surface area contributed by atoms with Crippen LogP contribution in [0.25, 0.3) is 0 Å². The second kappa shape index (κ2) is 8.56. The average molecular weight is 403 g/mol. The SMILES string of the molecule is CC(C)(C)c1ccc(C(=O)N[C@H](CCS(=O)(=O)c2ccccc2)C(N)=O)cc1. The van der Waals surface area contributed by atoms with Gasteiger partial charge >= 0.3 is 0 Å². The summed E-state index contributed by atoms with van der Waals surface area (Å²) in [6, 6.07) is 13.9. The molecule has 0 fully saturated rings. The van der Waals surface area contributed by atoms with Crippen LogP contribution in [0.3, 0.4) is 0 Å². The first-order valence-corrected chi connectivity index (χ1v) is 10.6. The van der Waals surface area contributed by atoms with E-state index in [1.807, 2.05) is 12.1 Å². The molecule has 0 heterocycles. The van der Waals surface area contributed by atoms with Crippen molar-refractivity contribution in [2.45, 2.75) is 43.5 Å². The summed E-state index contributed by atoms with van der Waals surface area (Å²) in [7, 11) is -3.57. The smallest absolute Gasteiger partial charge is 0.251 e. The first kappa shape index (κ1) is 21.6. The fraction of sp³-hybridized carbons (Fsp3) is 0.333. The highest BCUT2D eigenvalue weighted by Gasteiger charge is 2.23. The van der Waals surface area contributed by atoms with Crippen molar-refractivity contribution >= 4 is 21.7 Å². The van der Waals surface area contributed by atoms with Crippen LogP contribution < -0.4 is 11.1 Å². The molecule has 0 unspecified atom stereocenters. The number of nitrogens with two attached hydrogens (primary N) is 1. The molecule has 0 saturated heterocycles. The van der Waals surface area contributed by atoms with E-state index < -0.39 is 27.7 Å². The molecule has 6 nitrogen and oxygen atoms in total. The van der Waals surface area contributed by atoms with E-state index in [0.717, 1.165) is 5.56 Å². The lowest BCUT2D eigenvalue weighted by Gasteiger charge is -2.19. The van der Waals surface area contributed by atoms with E-state index in [9.17, 15) is 18.0 Å². The fourth-order valence-electron chi connectivity index (χ4n) is 2.67. The summed E-state index contributed by atoms with van der Waals surface area (Å²) in [6.07, 6.45) is -0.0988. The first-order chi connectivity index (χ1) is 13.0. The van der Waals surface area contributed by atoms with Gasteiger partial charge in [0.2, 0.25) is 5.91 Å². The van der Waals surface area contributed by atoms with Crippen molar-refractivity contribution in [2.75, 3.05) is 5.75 Å². The van der Waals surface area contributed by atoms with Crippen molar-refractivity contribution in [3.8, 4) is 0 Å². The molecule has 0 saturated carbocycles. The lowest BCUT2D eigenvalue weighted by Crippen LogP contribution is -2.45. The maximum absolute atomic E-state index is 12.4. The largest absolute Gasteiger partial charge is 0.368 e. The lowest BCUT2D eigenvalue weighted by molar-refractivity contribution is -0.119. The van der Waals surface area contributed by atoms with Crippen LogP contribution in [0, 0.1) is 0 Å². The molecular weight excluding hydrogens is 376 g/mol. The van der Waals surface area contributed by atoms with Crippen LogP contribution in [-0.2, 0) is 20.0 Å². The molecule has 0 aliphatic heterocycles. The van der Waals surface area contributed by atoms with Gasteiger partial charge in [-0.2, -0.15) is 0 Å². The van der Waals surface area contributed by atoms with Gasteiger partial charge in [0.25, 0.3) is 5.91 Å². The third kappa shape index (κ3) is 5.66. The zero-order chi connectivity index (χ0) is 20.9. The molecule has 7 heteroatoms. The minimum absolute atomic E-state index is 0.0451. The van der Waals surface area contributed by atoms with Gasteiger partial charge in [0, 0.05) is 5.56 Å². The van der Waals surface area contributed by atoms with Gasteiger partial charge in [-0.25, -0.2) is 8.42 Å². The van der Waals surface area contributed by atoms with Gasteiger partial charge in [-0.3, -0.25) is 9.59 Å². The zero-order valence-electron chi connectivity index (χ0n) is 16.3. The van der Waals surface area contributed by atoms with Gasteiger partial charge < -0.3 is 11.1 Å². The average Bonchev–Trinajstić information content (AvgIpc) is 2.64. The molecule has 0 aliphatic carbocycles. The monoisotopic (exact) mass is 402 g/mol. The number of hydrogen-bond acceptors (Lipinski definition) is 4. The van der Waals surface area contributed by atoms with Crippen LogP contribution in [0.15, 0.2) is 59.5 Å². The highest BCUT2D eigenvalue weighted by molar-refractivity contribution is 7.91. The molecule has 2 aromatic carbocycles. The minimum atomic E-state index is -3.57. The topological polar surface area (TPSA) is 106 Å². The highest BCUT2D eigenvalue weighted by atomic mass is 32.2. The number of carbonyl (C=O) groups excluding carboxylic acids is 2.